The maximum Gasteiger partial charge on any atom is 0.168 e. The highest BCUT2D eigenvalue weighted by molar-refractivity contribution is 5.96. The lowest BCUT2D eigenvalue weighted by molar-refractivity contribution is 0.533. The lowest BCUT2D eigenvalue weighted by atomic mass is 9.94. The zero-order valence-corrected chi connectivity index (χ0v) is 23.5. The molecule has 0 fully saturated rings. The van der Waals surface area contributed by atoms with E-state index in [0.717, 1.165) is 45.1 Å². The molecule has 3 aromatic heterocycles. The van der Waals surface area contributed by atoms with Crippen LogP contribution >= 0.6 is 0 Å². The third-order valence-electron chi connectivity index (χ3n) is 5.01. The summed E-state index contributed by atoms with van der Waals surface area (Å²) < 4.78 is 2.20. The molecule has 4 rings (SSSR count). The predicted octanol–water partition coefficient (Wildman–Crippen LogP) is 8.40. The average molecular weight is 464 g/mol. The molecule has 186 valence electrons. The summed E-state index contributed by atoms with van der Waals surface area (Å²) in [5.41, 5.74) is 4.41. The Morgan fingerprint density at radius 2 is 1.32 bits per heavy atom. The van der Waals surface area contributed by atoms with E-state index in [2.05, 4.69) is 91.1 Å². The monoisotopic (exact) mass is 463 g/mol. The van der Waals surface area contributed by atoms with Crippen molar-refractivity contribution >= 4 is 27.7 Å². The van der Waals surface area contributed by atoms with E-state index in [-0.39, 0.29) is 16.7 Å². The molecule has 0 aliphatic heterocycles. The van der Waals surface area contributed by atoms with Crippen LogP contribution in [0.25, 0.3) is 27.7 Å². The van der Waals surface area contributed by atoms with E-state index in [1.54, 1.807) is 0 Å². The van der Waals surface area contributed by atoms with Crippen molar-refractivity contribution in [2.24, 2.45) is 0 Å². The highest BCUT2D eigenvalue weighted by Gasteiger charge is 2.28. The molecule has 0 aliphatic rings. The lowest BCUT2D eigenvalue weighted by Crippen LogP contribution is -2.22. The van der Waals surface area contributed by atoms with Crippen LogP contribution in [0.4, 0.5) is 0 Å². The molecule has 5 heteroatoms. The van der Waals surface area contributed by atoms with E-state index in [4.69, 9.17) is 19.9 Å². The molecule has 5 nitrogen and oxygen atoms in total. The second-order valence-corrected chi connectivity index (χ2v) is 9.98. The van der Waals surface area contributed by atoms with E-state index in [1.807, 2.05) is 33.8 Å². The minimum Gasteiger partial charge on any atom is -0.279 e. The smallest absolute Gasteiger partial charge is 0.168 e. The molecule has 0 N–H and O–H groups in total. The van der Waals surface area contributed by atoms with Crippen LogP contribution in [0.3, 0.4) is 0 Å². The van der Waals surface area contributed by atoms with Gasteiger partial charge in [-0.2, -0.15) is 0 Å². The topological polar surface area (TPSA) is 56.0 Å². The molecule has 0 atom stereocenters. The number of benzene rings is 1. The first-order valence-corrected chi connectivity index (χ1v) is 12.5. The summed E-state index contributed by atoms with van der Waals surface area (Å²) in [6.07, 6.45) is 0. The van der Waals surface area contributed by atoms with E-state index in [0.29, 0.717) is 0 Å². The van der Waals surface area contributed by atoms with E-state index >= 15 is 0 Å². The SMILES string of the molecule is C=C.CC.CC.CC(C)c1nc(C(C)(C)C)nc2nc(C(C)(C)C)n3c4ccccc4nc3c12. The molecule has 0 saturated carbocycles. The van der Waals surface area contributed by atoms with Crippen LogP contribution < -0.4 is 0 Å². The average Bonchev–Trinajstić information content (AvgIpc) is 3.20. The van der Waals surface area contributed by atoms with Crippen LogP contribution in [0.1, 0.15) is 106 Å². The standard InChI is InChI=1S/C23H29N5.2C2H6.C2H4/c1-13(2)17-16-18(26-20(25-17)22(3,4)5)27-21(23(6,7)8)28-15-12-10-9-11-14(15)24-19(16)28;3*1-2/h9-13H,1-8H3;2*1-2H3;1-2H2. The van der Waals surface area contributed by atoms with Gasteiger partial charge < -0.3 is 0 Å². The van der Waals surface area contributed by atoms with Crippen molar-refractivity contribution in [3.8, 4) is 0 Å². The van der Waals surface area contributed by atoms with Gasteiger partial charge in [-0.05, 0) is 18.1 Å². The summed E-state index contributed by atoms with van der Waals surface area (Å²) >= 11 is 0. The first kappa shape index (κ1) is 29.2. The molecule has 4 aromatic rings. The maximum absolute atomic E-state index is 5.09. The minimum absolute atomic E-state index is 0.145. The van der Waals surface area contributed by atoms with Gasteiger partial charge in [-0.25, -0.2) is 19.9 Å². The normalized spacial score (nSPS) is 11.4. The number of para-hydroxylation sites is 2. The summed E-state index contributed by atoms with van der Waals surface area (Å²) in [7, 11) is 0. The van der Waals surface area contributed by atoms with Gasteiger partial charge in [0.05, 0.1) is 22.1 Å². The number of nitrogens with zero attached hydrogens (tertiary/aromatic N) is 5. The van der Waals surface area contributed by atoms with Crippen molar-refractivity contribution in [3.63, 3.8) is 0 Å². The van der Waals surface area contributed by atoms with Gasteiger partial charge in [0.1, 0.15) is 11.6 Å². The largest absolute Gasteiger partial charge is 0.279 e. The van der Waals surface area contributed by atoms with Crippen LogP contribution in [0.5, 0.6) is 0 Å². The van der Waals surface area contributed by atoms with Crippen molar-refractivity contribution < 1.29 is 0 Å². The van der Waals surface area contributed by atoms with Gasteiger partial charge in [0.15, 0.2) is 11.3 Å². The highest BCUT2D eigenvalue weighted by atomic mass is 15.1. The van der Waals surface area contributed by atoms with Crippen LogP contribution in [0.15, 0.2) is 37.4 Å². The predicted molar refractivity (Wildman–Crippen MR) is 149 cm³/mol. The molecule has 0 radical (unpaired) electrons. The Kier molecular flexibility index (Phi) is 9.92. The fourth-order valence-corrected chi connectivity index (χ4v) is 3.58. The third-order valence-corrected chi connectivity index (χ3v) is 5.01. The molecular weight excluding hydrogens is 418 g/mol. The van der Waals surface area contributed by atoms with Gasteiger partial charge >= 0.3 is 0 Å². The zero-order chi connectivity index (χ0) is 26.4. The van der Waals surface area contributed by atoms with E-state index < -0.39 is 0 Å². The van der Waals surface area contributed by atoms with E-state index in [9.17, 15) is 0 Å². The van der Waals surface area contributed by atoms with Gasteiger partial charge in [0.2, 0.25) is 0 Å². The summed E-state index contributed by atoms with van der Waals surface area (Å²) in [5.74, 6) is 2.05. The van der Waals surface area contributed by atoms with Crippen LogP contribution in [0.2, 0.25) is 0 Å². The van der Waals surface area contributed by atoms with Gasteiger partial charge in [-0.1, -0.05) is 95.2 Å². The number of imidazole rings is 1. The van der Waals surface area contributed by atoms with Gasteiger partial charge in [-0.15, -0.1) is 13.2 Å². The number of aromatic nitrogens is 5. The van der Waals surface area contributed by atoms with Crippen molar-refractivity contribution in [1.82, 2.24) is 24.3 Å². The van der Waals surface area contributed by atoms with Crippen molar-refractivity contribution in [3.05, 3.63) is 54.8 Å². The van der Waals surface area contributed by atoms with Crippen molar-refractivity contribution in [2.75, 3.05) is 0 Å². The molecule has 0 aliphatic carbocycles. The summed E-state index contributed by atoms with van der Waals surface area (Å²) in [6, 6.07) is 8.24. The van der Waals surface area contributed by atoms with Crippen LogP contribution in [0, 0.1) is 0 Å². The molecule has 0 bridgehead atoms. The van der Waals surface area contributed by atoms with E-state index in [1.165, 1.54) is 0 Å². The lowest BCUT2D eigenvalue weighted by Gasteiger charge is -2.23. The Morgan fingerprint density at radius 1 is 0.765 bits per heavy atom. The first-order chi connectivity index (χ1) is 16.0. The van der Waals surface area contributed by atoms with Crippen LogP contribution in [-0.4, -0.2) is 24.3 Å². The molecular formula is C29H45N5. The third kappa shape index (κ3) is 5.63. The second kappa shape index (κ2) is 11.5. The summed E-state index contributed by atoms with van der Waals surface area (Å²) in [4.78, 5) is 20.0. The second-order valence-electron chi connectivity index (χ2n) is 9.98. The minimum atomic E-state index is -0.152. The van der Waals surface area contributed by atoms with Crippen LogP contribution in [-0.2, 0) is 10.8 Å². The number of fused-ring (bicyclic) bond motifs is 5. The Labute approximate surface area is 206 Å². The highest BCUT2D eigenvalue weighted by Crippen LogP contribution is 2.34. The van der Waals surface area contributed by atoms with Gasteiger partial charge in [-0.3, -0.25) is 4.40 Å². The maximum atomic E-state index is 5.09. The number of hydrogen-bond acceptors (Lipinski definition) is 4. The summed E-state index contributed by atoms with van der Waals surface area (Å²) in [6.45, 7) is 31.3. The fraction of sp³-hybridized carbons (Fsp3) is 0.517. The Hall–Kier alpha value is -2.82. The fourth-order valence-electron chi connectivity index (χ4n) is 3.58. The number of hydrogen-bond donors (Lipinski definition) is 0. The summed E-state index contributed by atoms with van der Waals surface area (Å²) in [5, 5.41) is 0.965. The Bertz CT molecular complexity index is 1220. The molecule has 3 heterocycles. The molecule has 0 amide bonds. The van der Waals surface area contributed by atoms with Gasteiger partial charge in [0, 0.05) is 10.8 Å². The number of rotatable bonds is 1. The van der Waals surface area contributed by atoms with Crippen molar-refractivity contribution in [1.29, 1.82) is 0 Å². The zero-order valence-electron chi connectivity index (χ0n) is 23.5. The first-order valence-electron chi connectivity index (χ1n) is 12.5. The molecule has 0 saturated heterocycles. The molecule has 0 unspecified atom stereocenters. The van der Waals surface area contributed by atoms with Gasteiger partial charge in [0.25, 0.3) is 0 Å². The van der Waals surface area contributed by atoms with Crippen molar-refractivity contribution in [2.45, 2.75) is 99.8 Å². The Morgan fingerprint density at radius 3 is 1.82 bits per heavy atom. The molecule has 34 heavy (non-hydrogen) atoms. The molecule has 1 aromatic carbocycles. The Balaban J connectivity index is 0.000000894. The molecule has 0 spiro atoms. The quantitative estimate of drug-likeness (QED) is 0.266.